The molecule has 0 bridgehead atoms. The Bertz CT molecular complexity index is 750. The molecule has 0 radical (unpaired) electrons. The van der Waals surface area contributed by atoms with Crippen LogP contribution in [0.25, 0.3) is 11.3 Å². The molecule has 2 fully saturated rings. The van der Waals surface area contributed by atoms with Gasteiger partial charge in [-0.3, -0.25) is 0 Å². The molecule has 2 aromatic rings. The Morgan fingerprint density at radius 1 is 1.31 bits per heavy atom. The molecular weight excluding hydrogens is 328 g/mol. The van der Waals surface area contributed by atoms with E-state index in [0.717, 1.165) is 62.2 Å². The summed E-state index contributed by atoms with van der Waals surface area (Å²) < 4.78 is 11.1. The standard InChI is InChI=1S/C20H26N4O2/c1-2-21-19(24-10-8-20(14-24)9-11-25-15-20)22-13-17-12-18(26-23-17)16-6-4-3-5-7-16/h3-7,12H,2,8-11,13-15H2,1H3,(H,21,22). The molecule has 0 aliphatic carbocycles. The average molecular weight is 354 g/mol. The van der Waals surface area contributed by atoms with Gasteiger partial charge in [-0.05, 0) is 19.8 Å². The van der Waals surface area contributed by atoms with Crippen molar-refractivity contribution in [3.63, 3.8) is 0 Å². The highest BCUT2D eigenvalue weighted by Crippen LogP contribution is 2.38. The van der Waals surface area contributed by atoms with Gasteiger partial charge in [0.15, 0.2) is 11.7 Å². The monoisotopic (exact) mass is 354 g/mol. The summed E-state index contributed by atoms with van der Waals surface area (Å²) in [7, 11) is 0. The second-order valence-electron chi connectivity index (χ2n) is 7.19. The lowest BCUT2D eigenvalue weighted by atomic mass is 9.87. The lowest BCUT2D eigenvalue weighted by Crippen LogP contribution is -2.41. The van der Waals surface area contributed by atoms with Crippen LogP contribution in [0.5, 0.6) is 0 Å². The van der Waals surface area contributed by atoms with E-state index in [0.29, 0.717) is 12.0 Å². The summed E-state index contributed by atoms with van der Waals surface area (Å²) in [5.41, 5.74) is 2.20. The lowest BCUT2D eigenvalue weighted by Gasteiger charge is -2.24. The van der Waals surface area contributed by atoms with Gasteiger partial charge >= 0.3 is 0 Å². The summed E-state index contributed by atoms with van der Waals surface area (Å²) in [5.74, 6) is 1.74. The highest BCUT2D eigenvalue weighted by atomic mass is 16.5. The molecule has 6 heteroatoms. The predicted molar refractivity (Wildman–Crippen MR) is 101 cm³/mol. The summed E-state index contributed by atoms with van der Waals surface area (Å²) in [4.78, 5) is 7.15. The van der Waals surface area contributed by atoms with Crippen LogP contribution >= 0.6 is 0 Å². The van der Waals surface area contributed by atoms with Gasteiger partial charge in [0.2, 0.25) is 0 Å². The quantitative estimate of drug-likeness (QED) is 0.676. The van der Waals surface area contributed by atoms with E-state index in [1.807, 2.05) is 36.4 Å². The number of benzene rings is 1. The van der Waals surface area contributed by atoms with E-state index in [1.54, 1.807) is 0 Å². The van der Waals surface area contributed by atoms with Crippen molar-refractivity contribution in [2.24, 2.45) is 10.4 Å². The number of aliphatic imine (C=N–C) groups is 1. The highest BCUT2D eigenvalue weighted by Gasteiger charge is 2.42. The predicted octanol–water partition coefficient (Wildman–Crippen LogP) is 2.92. The molecule has 1 atom stereocenters. The van der Waals surface area contributed by atoms with Crippen molar-refractivity contribution < 1.29 is 9.26 Å². The van der Waals surface area contributed by atoms with Crippen molar-refractivity contribution in [3.05, 3.63) is 42.1 Å². The van der Waals surface area contributed by atoms with E-state index >= 15 is 0 Å². The molecule has 2 saturated heterocycles. The Labute approximate surface area is 154 Å². The number of aromatic nitrogens is 1. The van der Waals surface area contributed by atoms with Gasteiger partial charge in [-0.1, -0.05) is 35.5 Å². The van der Waals surface area contributed by atoms with E-state index in [-0.39, 0.29) is 0 Å². The van der Waals surface area contributed by atoms with Crippen molar-refractivity contribution in [1.29, 1.82) is 0 Å². The largest absolute Gasteiger partial charge is 0.381 e. The fourth-order valence-corrected chi connectivity index (χ4v) is 3.79. The van der Waals surface area contributed by atoms with Gasteiger partial charge in [-0.2, -0.15) is 0 Å². The molecule has 6 nitrogen and oxygen atoms in total. The third-order valence-electron chi connectivity index (χ3n) is 5.27. The first-order chi connectivity index (χ1) is 12.8. The zero-order valence-corrected chi connectivity index (χ0v) is 15.3. The maximum Gasteiger partial charge on any atom is 0.194 e. The van der Waals surface area contributed by atoms with E-state index in [2.05, 4.69) is 22.3 Å². The number of guanidine groups is 1. The van der Waals surface area contributed by atoms with Crippen LogP contribution in [-0.4, -0.2) is 48.9 Å². The SMILES string of the molecule is CCNC(=NCc1cc(-c2ccccc2)on1)N1CCC2(CCOC2)C1. The molecule has 1 spiro atoms. The zero-order chi connectivity index (χ0) is 17.8. The van der Waals surface area contributed by atoms with Crippen LogP contribution < -0.4 is 5.32 Å². The number of nitrogens with one attached hydrogen (secondary N) is 1. The Kier molecular flexibility index (Phi) is 4.93. The van der Waals surface area contributed by atoms with Crippen LogP contribution in [-0.2, 0) is 11.3 Å². The van der Waals surface area contributed by atoms with Crippen LogP contribution in [0.1, 0.15) is 25.5 Å². The van der Waals surface area contributed by atoms with Gasteiger partial charge in [-0.15, -0.1) is 0 Å². The Morgan fingerprint density at radius 2 is 2.19 bits per heavy atom. The van der Waals surface area contributed by atoms with Gasteiger partial charge in [0.25, 0.3) is 0 Å². The number of nitrogens with zero attached hydrogens (tertiary/aromatic N) is 3. The van der Waals surface area contributed by atoms with Crippen LogP contribution in [0.2, 0.25) is 0 Å². The van der Waals surface area contributed by atoms with Crippen LogP contribution in [0.3, 0.4) is 0 Å². The molecule has 1 aromatic carbocycles. The van der Waals surface area contributed by atoms with E-state index in [9.17, 15) is 0 Å². The first kappa shape index (κ1) is 17.1. The maximum absolute atomic E-state index is 5.64. The molecule has 2 aliphatic rings. The molecule has 1 N–H and O–H groups in total. The van der Waals surface area contributed by atoms with Crippen molar-refractivity contribution in [2.75, 3.05) is 32.8 Å². The van der Waals surface area contributed by atoms with E-state index in [4.69, 9.17) is 14.3 Å². The van der Waals surface area contributed by atoms with Crippen molar-refractivity contribution >= 4 is 5.96 Å². The molecule has 1 unspecified atom stereocenters. The molecule has 0 saturated carbocycles. The Morgan fingerprint density at radius 3 is 2.96 bits per heavy atom. The van der Waals surface area contributed by atoms with Crippen LogP contribution in [0.15, 0.2) is 45.9 Å². The first-order valence-electron chi connectivity index (χ1n) is 9.40. The summed E-state index contributed by atoms with van der Waals surface area (Å²) in [6, 6.07) is 12.0. The number of likely N-dealkylation sites (tertiary alicyclic amines) is 1. The van der Waals surface area contributed by atoms with E-state index < -0.39 is 0 Å². The smallest absolute Gasteiger partial charge is 0.194 e. The van der Waals surface area contributed by atoms with Gasteiger partial charge in [0.05, 0.1) is 13.2 Å². The zero-order valence-electron chi connectivity index (χ0n) is 15.3. The summed E-state index contributed by atoms with van der Waals surface area (Å²) in [6.45, 7) is 7.29. The topological polar surface area (TPSA) is 62.9 Å². The van der Waals surface area contributed by atoms with E-state index in [1.165, 1.54) is 6.42 Å². The Balaban J connectivity index is 1.44. The summed E-state index contributed by atoms with van der Waals surface area (Å²) in [6.07, 6.45) is 2.34. The van der Waals surface area contributed by atoms with Crippen molar-refractivity contribution in [2.45, 2.75) is 26.3 Å². The molecular formula is C20H26N4O2. The molecule has 26 heavy (non-hydrogen) atoms. The molecule has 1 aromatic heterocycles. The number of ether oxygens (including phenoxy) is 1. The Hall–Kier alpha value is -2.34. The van der Waals surface area contributed by atoms with Gasteiger partial charge < -0.3 is 19.5 Å². The third-order valence-corrected chi connectivity index (χ3v) is 5.27. The van der Waals surface area contributed by atoms with Crippen molar-refractivity contribution in [1.82, 2.24) is 15.4 Å². The van der Waals surface area contributed by atoms with Gasteiger partial charge in [0.1, 0.15) is 5.69 Å². The molecule has 2 aliphatic heterocycles. The number of hydrogen-bond donors (Lipinski definition) is 1. The average Bonchev–Trinajstić information content (AvgIpc) is 3.42. The second kappa shape index (κ2) is 7.50. The number of rotatable bonds is 4. The minimum atomic E-state index is 0.324. The first-order valence-corrected chi connectivity index (χ1v) is 9.40. The molecule has 138 valence electrons. The maximum atomic E-state index is 5.64. The molecule has 3 heterocycles. The minimum Gasteiger partial charge on any atom is -0.381 e. The number of hydrogen-bond acceptors (Lipinski definition) is 4. The normalized spacial score (nSPS) is 23.1. The summed E-state index contributed by atoms with van der Waals surface area (Å²) >= 11 is 0. The second-order valence-corrected chi connectivity index (χ2v) is 7.19. The molecule has 0 amide bonds. The lowest BCUT2D eigenvalue weighted by molar-refractivity contribution is 0.156. The summed E-state index contributed by atoms with van der Waals surface area (Å²) in [5, 5.41) is 7.59. The van der Waals surface area contributed by atoms with Crippen LogP contribution in [0, 0.1) is 5.41 Å². The van der Waals surface area contributed by atoms with Gasteiger partial charge in [0, 0.05) is 43.3 Å². The highest BCUT2D eigenvalue weighted by molar-refractivity contribution is 5.80. The fourth-order valence-electron chi connectivity index (χ4n) is 3.79. The van der Waals surface area contributed by atoms with Crippen LogP contribution in [0.4, 0.5) is 0 Å². The third kappa shape index (κ3) is 3.60. The van der Waals surface area contributed by atoms with Gasteiger partial charge in [-0.25, -0.2) is 4.99 Å². The fraction of sp³-hybridized carbons (Fsp3) is 0.500. The molecule has 4 rings (SSSR count). The minimum absolute atomic E-state index is 0.324. The van der Waals surface area contributed by atoms with Crippen molar-refractivity contribution in [3.8, 4) is 11.3 Å².